The zero-order chi connectivity index (χ0) is 38.7. The summed E-state index contributed by atoms with van der Waals surface area (Å²) in [7, 11) is 0. The fourth-order valence-corrected chi connectivity index (χ4v) is 6.50. The van der Waals surface area contributed by atoms with Gasteiger partial charge in [0, 0.05) is 71.4 Å². The molecule has 2 aliphatic rings. The largest absolute Gasteiger partial charge is 0.480 e. The average molecular weight is 757 g/mol. The van der Waals surface area contributed by atoms with Crippen LogP contribution in [-0.4, -0.2) is 189 Å². The van der Waals surface area contributed by atoms with Crippen molar-refractivity contribution in [2.75, 3.05) is 125 Å². The summed E-state index contributed by atoms with van der Waals surface area (Å²) < 4.78 is 16.6. The molecule has 1 saturated heterocycles. The highest BCUT2D eigenvalue weighted by molar-refractivity contribution is 5.79. The van der Waals surface area contributed by atoms with Crippen LogP contribution in [-0.2, 0) is 33.4 Å². The van der Waals surface area contributed by atoms with Crippen molar-refractivity contribution in [3.05, 3.63) is 59.7 Å². The summed E-state index contributed by atoms with van der Waals surface area (Å²) in [6, 6.07) is 16.3. The first-order chi connectivity index (χ1) is 26.1. The monoisotopic (exact) mass is 756 g/mol. The molecule has 0 saturated carbocycles. The zero-order valence-corrected chi connectivity index (χ0v) is 30.5. The maximum atomic E-state index is 12.8. The minimum atomic E-state index is -1.02. The van der Waals surface area contributed by atoms with Crippen molar-refractivity contribution in [1.82, 2.24) is 30.2 Å². The van der Waals surface area contributed by atoms with E-state index in [-0.39, 0.29) is 77.5 Å². The predicted octanol–water partition coefficient (Wildman–Crippen LogP) is 0.150. The number of rotatable bonds is 19. The summed E-state index contributed by atoms with van der Waals surface area (Å²) >= 11 is 0. The number of fused-ring (bicyclic) bond motifs is 3. The predicted molar refractivity (Wildman–Crippen MR) is 196 cm³/mol. The molecule has 2 aromatic rings. The van der Waals surface area contributed by atoms with Crippen LogP contribution in [0.5, 0.6) is 0 Å². The number of hydrogen-bond donors (Lipinski definition) is 5. The Morgan fingerprint density at radius 3 is 1.37 bits per heavy atom. The van der Waals surface area contributed by atoms with Gasteiger partial charge in [0.1, 0.15) is 6.61 Å². The Bertz CT molecular complexity index is 1470. The number of nitrogens with one attached hydrogen (secondary N) is 2. The molecule has 1 heterocycles. The second-order valence-corrected chi connectivity index (χ2v) is 13.1. The van der Waals surface area contributed by atoms with Gasteiger partial charge in [-0.05, 0) is 22.3 Å². The number of alkyl carbamates (subject to hydrolysis) is 1. The Labute approximate surface area is 314 Å². The summed E-state index contributed by atoms with van der Waals surface area (Å²) in [5.74, 6) is -3.33. The molecule has 4 rings (SSSR count). The smallest absolute Gasteiger partial charge is 0.407 e. The van der Waals surface area contributed by atoms with Crippen LogP contribution in [0.25, 0.3) is 11.1 Å². The number of benzene rings is 2. The van der Waals surface area contributed by atoms with E-state index in [0.29, 0.717) is 59.0 Å². The fourth-order valence-electron chi connectivity index (χ4n) is 6.50. The van der Waals surface area contributed by atoms with Gasteiger partial charge < -0.3 is 40.2 Å². The normalized spacial score (nSPS) is 16.4. The molecule has 0 radical (unpaired) electrons. The third kappa shape index (κ3) is 14.6. The minimum absolute atomic E-state index is 0.0156. The Morgan fingerprint density at radius 2 is 0.944 bits per heavy atom. The lowest BCUT2D eigenvalue weighted by molar-refractivity contribution is -0.140. The molecule has 1 fully saturated rings. The van der Waals surface area contributed by atoms with Crippen LogP contribution in [0, 0.1) is 0 Å². The number of aliphatic carboxylic acids is 3. The van der Waals surface area contributed by atoms with Crippen LogP contribution in [0.1, 0.15) is 17.0 Å². The van der Waals surface area contributed by atoms with Gasteiger partial charge >= 0.3 is 24.0 Å². The molecule has 0 aromatic heterocycles. The van der Waals surface area contributed by atoms with E-state index in [1.165, 1.54) is 0 Å². The van der Waals surface area contributed by atoms with Crippen molar-refractivity contribution >= 4 is 29.9 Å². The molecule has 17 nitrogen and oxygen atoms in total. The fraction of sp³-hybridized carbons (Fsp3) is 0.541. The topological polar surface area (TPSA) is 211 Å². The molecule has 296 valence electrons. The third-order valence-electron chi connectivity index (χ3n) is 9.17. The number of carbonyl (C=O) groups is 5. The molecule has 0 bridgehead atoms. The number of carboxylic acids is 3. The third-order valence-corrected chi connectivity index (χ3v) is 9.17. The number of hydrogen-bond acceptors (Lipinski definition) is 12. The Balaban J connectivity index is 1.09. The second kappa shape index (κ2) is 22.5. The van der Waals surface area contributed by atoms with Crippen LogP contribution in [0.3, 0.4) is 0 Å². The molecule has 2 aromatic carbocycles. The van der Waals surface area contributed by atoms with Gasteiger partial charge in [0.25, 0.3) is 0 Å². The molecular formula is C37H52N6O11. The van der Waals surface area contributed by atoms with Crippen molar-refractivity contribution in [3.63, 3.8) is 0 Å². The summed E-state index contributed by atoms with van der Waals surface area (Å²) in [5.41, 5.74) is 4.61. The molecule has 1 aliphatic carbocycles. The van der Waals surface area contributed by atoms with Crippen molar-refractivity contribution in [1.29, 1.82) is 0 Å². The minimum Gasteiger partial charge on any atom is -0.480 e. The van der Waals surface area contributed by atoms with E-state index in [4.69, 9.17) is 14.2 Å². The lowest BCUT2D eigenvalue weighted by Crippen LogP contribution is -2.50. The van der Waals surface area contributed by atoms with Gasteiger partial charge in [-0.15, -0.1) is 0 Å². The van der Waals surface area contributed by atoms with E-state index in [9.17, 15) is 39.3 Å². The first kappa shape index (κ1) is 42.1. The first-order valence-corrected chi connectivity index (χ1v) is 18.1. The highest BCUT2D eigenvalue weighted by Crippen LogP contribution is 2.44. The molecule has 2 amide bonds. The zero-order valence-electron chi connectivity index (χ0n) is 30.5. The van der Waals surface area contributed by atoms with Crippen LogP contribution >= 0.6 is 0 Å². The number of ether oxygens (including phenoxy) is 3. The lowest BCUT2D eigenvalue weighted by Gasteiger charge is -2.32. The SMILES string of the molecule is O=C(O)CN1CCN(CC(=O)O)CCN(CC(=O)NCCOCCOCCNC(=O)OCC2c3ccccc3-c3ccccc32)CCN(CC(=O)O)CC1. The number of carboxylic acid groups (broad SMARTS) is 3. The van der Waals surface area contributed by atoms with Crippen molar-refractivity contribution < 1.29 is 53.5 Å². The molecule has 1 aliphatic heterocycles. The number of amides is 2. The van der Waals surface area contributed by atoms with E-state index in [1.54, 1.807) is 14.7 Å². The molecular weight excluding hydrogens is 704 g/mol. The van der Waals surface area contributed by atoms with Gasteiger partial charge in [-0.25, -0.2) is 4.79 Å². The molecule has 0 atom stereocenters. The van der Waals surface area contributed by atoms with Crippen LogP contribution in [0.2, 0.25) is 0 Å². The summed E-state index contributed by atoms with van der Waals surface area (Å²) in [5, 5.41) is 33.6. The maximum Gasteiger partial charge on any atom is 0.407 e. The molecule has 0 spiro atoms. The van der Waals surface area contributed by atoms with Gasteiger partial charge in [0.2, 0.25) is 5.91 Å². The number of carbonyl (C=O) groups excluding carboxylic acids is 2. The summed E-state index contributed by atoms with van der Waals surface area (Å²) in [6.07, 6.45) is -0.514. The number of nitrogens with zero attached hydrogens (tertiary/aromatic N) is 4. The standard InChI is InChI=1S/C37H52N6O11/c44-33(23-40-11-13-41(24-34(45)46)15-17-43(26-36(49)50)18-16-42(14-12-40)25-35(47)48)38-9-19-52-21-22-53-20-10-39-37(51)54-27-32-30-7-3-1-5-28(30)29-6-2-4-8-31(29)32/h1-8,32H,9-27H2,(H,38,44)(H,39,51)(H,45,46)(H,47,48)(H,49,50). The molecule has 54 heavy (non-hydrogen) atoms. The highest BCUT2D eigenvalue weighted by atomic mass is 16.6. The first-order valence-electron chi connectivity index (χ1n) is 18.1. The van der Waals surface area contributed by atoms with Crippen LogP contribution in [0.4, 0.5) is 4.79 Å². The quantitative estimate of drug-likeness (QED) is 0.121. The van der Waals surface area contributed by atoms with Gasteiger partial charge in [0.05, 0.1) is 52.6 Å². The molecule has 17 heteroatoms. The van der Waals surface area contributed by atoms with E-state index < -0.39 is 24.0 Å². The van der Waals surface area contributed by atoms with Gasteiger partial charge in [-0.2, -0.15) is 0 Å². The highest BCUT2D eigenvalue weighted by Gasteiger charge is 2.29. The van der Waals surface area contributed by atoms with Crippen molar-refractivity contribution in [2.24, 2.45) is 0 Å². The van der Waals surface area contributed by atoms with E-state index in [2.05, 4.69) is 34.9 Å². The van der Waals surface area contributed by atoms with Crippen molar-refractivity contribution in [3.8, 4) is 11.1 Å². The van der Waals surface area contributed by atoms with E-state index in [0.717, 1.165) is 22.3 Å². The second-order valence-electron chi connectivity index (χ2n) is 13.1. The Kier molecular flexibility index (Phi) is 17.6. The van der Waals surface area contributed by atoms with Crippen molar-refractivity contribution in [2.45, 2.75) is 5.92 Å². The Hall–Kier alpha value is -4.65. The van der Waals surface area contributed by atoms with Crippen LogP contribution in [0.15, 0.2) is 48.5 Å². The summed E-state index contributed by atoms with van der Waals surface area (Å²) in [6.45, 7) is 3.72. The summed E-state index contributed by atoms with van der Waals surface area (Å²) in [4.78, 5) is 66.4. The van der Waals surface area contributed by atoms with Gasteiger partial charge in [-0.1, -0.05) is 48.5 Å². The lowest BCUT2D eigenvalue weighted by atomic mass is 9.98. The molecule has 0 unspecified atom stereocenters. The van der Waals surface area contributed by atoms with E-state index in [1.807, 2.05) is 29.2 Å². The van der Waals surface area contributed by atoms with Crippen LogP contribution < -0.4 is 10.6 Å². The van der Waals surface area contributed by atoms with Gasteiger partial charge in [0.15, 0.2) is 0 Å². The average Bonchev–Trinajstić information content (AvgIpc) is 3.45. The maximum absolute atomic E-state index is 12.8. The van der Waals surface area contributed by atoms with E-state index >= 15 is 0 Å². The van der Waals surface area contributed by atoms with Gasteiger partial charge in [-0.3, -0.25) is 38.8 Å². The Morgan fingerprint density at radius 1 is 0.556 bits per heavy atom. The molecule has 5 N–H and O–H groups in total.